The average molecular weight is 331 g/mol. The van der Waals surface area contributed by atoms with Crippen molar-refractivity contribution in [1.29, 1.82) is 0 Å². The molecule has 4 rings (SSSR count). The van der Waals surface area contributed by atoms with Crippen molar-refractivity contribution in [3.63, 3.8) is 0 Å². The standard InChI is InChI=1S/C17H25N5O2/c1-17(2)9-19-15(24)13-7-10-8-18-16(21-14(10)22(13)17)20-11-3-5-12(23)6-4-11/h7-8,11-12,15,19,23-24H,3-6,9H2,1-2H3,(H,18,20,21)/t11-,12-,15?. The van der Waals surface area contributed by atoms with E-state index in [0.717, 1.165) is 42.4 Å². The molecule has 0 aromatic carbocycles. The molecule has 4 N–H and O–H groups in total. The second kappa shape index (κ2) is 5.68. The number of hydrogen-bond donors (Lipinski definition) is 4. The largest absolute Gasteiger partial charge is 0.393 e. The predicted molar refractivity (Wildman–Crippen MR) is 91.7 cm³/mol. The molecule has 130 valence electrons. The first kappa shape index (κ1) is 15.8. The fourth-order valence-electron chi connectivity index (χ4n) is 3.85. The van der Waals surface area contributed by atoms with Gasteiger partial charge in [0.1, 0.15) is 11.9 Å². The van der Waals surface area contributed by atoms with Crippen molar-refractivity contribution in [1.82, 2.24) is 19.9 Å². The molecule has 0 saturated heterocycles. The summed E-state index contributed by atoms with van der Waals surface area (Å²) in [5.74, 6) is 0.619. The monoisotopic (exact) mass is 331 g/mol. The van der Waals surface area contributed by atoms with Crippen LogP contribution in [-0.4, -0.2) is 43.4 Å². The number of nitrogens with zero attached hydrogens (tertiary/aromatic N) is 3. The van der Waals surface area contributed by atoms with Gasteiger partial charge in [0.15, 0.2) is 0 Å². The highest BCUT2D eigenvalue weighted by atomic mass is 16.3. The first-order chi connectivity index (χ1) is 11.4. The number of fused-ring (bicyclic) bond motifs is 3. The van der Waals surface area contributed by atoms with Crippen LogP contribution in [0.5, 0.6) is 0 Å². The number of aliphatic hydroxyl groups is 2. The summed E-state index contributed by atoms with van der Waals surface area (Å²) >= 11 is 0. The van der Waals surface area contributed by atoms with Crippen molar-refractivity contribution < 1.29 is 10.2 Å². The minimum Gasteiger partial charge on any atom is -0.393 e. The maximum Gasteiger partial charge on any atom is 0.224 e. The summed E-state index contributed by atoms with van der Waals surface area (Å²) in [6, 6.07) is 2.26. The van der Waals surface area contributed by atoms with E-state index in [4.69, 9.17) is 4.98 Å². The minimum absolute atomic E-state index is 0.168. The lowest BCUT2D eigenvalue weighted by molar-refractivity contribution is 0.0863. The zero-order valence-corrected chi connectivity index (χ0v) is 14.2. The summed E-state index contributed by atoms with van der Waals surface area (Å²) in [5, 5.41) is 27.3. The van der Waals surface area contributed by atoms with Crippen LogP contribution in [0.2, 0.25) is 0 Å². The summed E-state index contributed by atoms with van der Waals surface area (Å²) in [4.78, 5) is 9.17. The van der Waals surface area contributed by atoms with E-state index in [1.807, 2.05) is 12.3 Å². The summed E-state index contributed by atoms with van der Waals surface area (Å²) in [7, 11) is 0. The average Bonchev–Trinajstić information content (AvgIpc) is 2.94. The Morgan fingerprint density at radius 2 is 2.00 bits per heavy atom. The molecule has 0 spiro atoms. The Bertz CT molecular complexity index is 749. The summed E-state index contributed by atoms with van der Waals surface area (Å²) in [5.41, 5.74) is 1.51. The summed E-state index contributed by atoms with van der Waals surface area (Å²) in [6.45, 7) is 4.94. The maximum absolute atomic E-state index is 10.2. The number of rotatable bonds is 2. The Labute approximate surface area is 141 Å². The second-order valence-corrected chi connectivity index (χ2v) is 7.62. The number of anilines is 1. The minimum atomic E-state index is -0.677. The van der Waals surface area contributed by atoms with Crippen LogP contribution < -0.4 is 10.6 Å². The van der Waals surface area contributed by atoms with Crippen molar-refractivity contribution in [2.24, 2.45) is 0 Å². The third-order valence-electron chi connectivity index (χ3n) is 5.21. The number of nitrogens with one attached hydrogen (secondary N) is 2. The van der Waals surface area contributed by atoms with Gasteiger partial charge in [-0.05, 0) is 45.6 Å². The summed E-state index contributed by atoms with van der Waals surface area (Å²) in [6.07, 6.45) is 4.49. The SMILES string of the molecule is CC1(C)CNC(O)c2cc3cnc(N[C@H]4CC[C@H](O)CC4)nc3n21. The van der Waals surface area contributed by atoms with E-state index in [0.29, 0.717) is 18.5 Å². The van der Waals surface area contributed by atoms with Crippen LogP contribution in [0.25, 0.3) is 11.0 Å². The molecular formula is C17H25N5O2. The van der Waals surface area contributed by atoms with E-state index in [1.54, 1.807) is 0 Å². The van der Waals surface area contributed by atoms with Crippen LogP contribution in [0.1, 0.15) is 51.5 Å². The van der Waals surface area contributed by atoms with Gasteiger partial charge in [-0.3, -0.25) is 5.32 Å². The van der Waals surface area contributed by atoms with Gasteiger partial charge in [-0.2, -0.15) is 4.98 Å². The smallest absolute Gasteiger partial charge is 0.224 e. The Kier molecular flexibility index (Phi) is 3.74. The van der Waals surface area contributed by atoms with Crippen LogP contribution in [0, 0.1) is 0 Å². The molecule has 0 radical (unpaired) electrons. The topological polar surface area (TPSA) is 95.2 Å². The normalized spacial score (nSPS) is 29.4. The van der Waals surface area contributed by atoms with Crippen molar-refractivity contribution in [3.8, 4) is 0 Å². The predicted octanol–water partition coefficient (Wildman–Crippen LogP) is 1.48. The molecular weight excluding hydrogens is 306 g/mol. The summed E-state index contributed by atoms with van der Waals surface area (Å²) < 4.78 is 2.11. The first-order valence-corrected chi connectivity index (χ1v) is 8.69. The number of aromatic nitrogens is 3. The van der Waals surface area contributed by atoms with Gasteiger partial charge in [0.2, 0.25) is 5.95 Å². The third-order valence-corrected chi connectivity index (χ3v) is 5.21. The molecule has 0 bridgehead atoms. The quantitative estimate of drug-likeness (QED) is 0.666. The lowest BCUT2D eigenvalue weighted by Crippen LogP contribution is -2.46. The molecule has 7 nitrogen and oxygen atoms in total. The highest BCUT2D eigenvalue weighted by Crippen LogP contribution is 2.33. The van der Waals surface area contributed by atoms with E-state index >= 15 is 0 Å². The van der Waals surface area contributed by atoms with Crippen molar-refractivity contribution >= 4 is 17.0 Å². The molecule has 2 aliphatic rings. The Morgan fingerprint density at radius 1 is 1.25 bits per heavy atom. The lowest BCUT2D eigenvalue weighted by Gasteiger charge is -2.36. The van der Waals surface area contributed by atoms with Crippen molar-refractivity contribution in [3.05, 3.63) is 18.0 Å². The molecule has 7 heteroatoms. The number of hydrogen-bond acceptors (Lipinski definition) is 6. The molecule has 2 aromatic rings. The van der Waals surface area contributed by atoms with Gasteiger partial charge in [0, 0.05) is 24.2 Å². The molecule has 1 atom stereocenters. The van der Waals surface area contributed by atoms with Gasteiger partial charge >= 0.3 is 0 Å². The third kappa shape index (κ3) is 2.66. The van der Waals surface area contributed by atoms with Crippen LogP contribution in [-0.2, 0) is 5.54 Å². The number of aliphatic hydroxyl groups excluding tert-OH is 2. The molecule has 3 heterocycles. The fraction of sp³-hybridized carbons (Fsp3) is 0.647. The van der Waals surface area contributed by atoms with E-state index in [1.165, 1.54) is 0 Å². The Morgan fingerprint density at radius 3 is 2.75 bits per heavy atom. The highest BCUT2D eigenvalue weighted by molar-refractivity contribution is 5.78. The van der Waals surface area contributed by atoms with E-state index in [-0.39, 0.29) is 11.6 Å². The van der Waals surface area contributed by atoms with Crippen molar-refractivity contribution in [2.75, 3.05) is 11.9 Å². The zero-order chi connectivity index (χ0) is 16.9. The molecule has 1 saturated carbocycles. The maximum atomic E-state index is 10.2. The van der Waals surface area contributed by atoms with Crippen LogP contribution >= 0.6 is 0 Å². The Hall–Kier alpha value is -1.70. The molecule has 1 aliphatic carbocycles. The van der Waals surface area contributed by atoms with Gasteiger partial charge in [0.25, 0.3) is 0 Å². The highest BCUT2D eigenvalue weighted by Gasteiger charge is 2.33. The molecule has 0 amide bonds. The van der Waals surface area contributed by atoms with Crippen LogP contribution in [0.15, 0.2) is 12.3 Å². The van der Waals surface area contributed by atoms with E-state index < -0.39 is 6.23 Å². The Balaban J connectivity index is 1.68. The van der Waals surface area contributed by atoms with E-state index in [2.05, 4.69) is 34.0 Å². The fourth-order valence-corrected chi connectivity index (χ4v) is 3.85. The van der Waals surface area contributed by atoms with Gasteiger partial charge in [0.05, 0.1) is 17.3 Å². The lowest BCUT2D eigenvalue weighted by atomic mass is 9.93. The zero-order valence-electron chi connectivity index (χ0n) is 14.2. The molecule has 1 unspecified atom stereocenters. The molecule has 1 fully saturated rings. The molecule has 2 aromatic heterocycles. The van der Waals surface area contributed by atoms with E-state index in [9.17, 15) is 10.2 Å². The van der Waals surface area contributed by atoms with Gasteiger partial charge < -0.3 is 20.1 Å². The van der Waals surface area contributed by atoms with Crippen LogP contribution in [0.3, 0.4) is 0 Å². The molecule has 24 heavy (non-hydrogen) atoms. The van der Waals surface area contributed by atoms with Gasteiger partial charge in [-0.25, -0.2) is 4.98 Å². The van der Waals surface area contributed by atoms with Crippen LogP contribution in [0.4, 0.5) is 5.95 Å². The van der Waals surface area contributed by atoms with Gasteiger partial charge in [-0.1, -0.05) is 0 Å². The first-order valence-electron chi connectivity index (χ1n) is 8.69. The van der Waals surface area contributed by atoms with Crippen molar-refractivity contribution in [2.45, 2.75) is 63.4 Å². The second-order valence-electron chi connectivity index (χ2n) is 7.62. The van der Waals surface area contributed by atoms with Gasteiger partial charge in [-0.15, -0.1) is 0 Å². The molecule has 1 aliphatic heterocycles.